The minimum atomic E-state index is -0.733. The molecule has 0 bridgehead atoms. The quantitative estimate of drug-likeness (QED) is 0.402. The van der Waals surface area contributed by atoms with Crippen LogP contribution in [0.15, 0.2) is 64.5 Å². The SMILES string of the molecule is CC(=NNC(=O)c1ccccc1[N+](=O)[O-])c1c(C)[nH]n(-c2ccccc2)c1=O. The summed E-state index contributed by atoms with van der Waals surface area (Å²) in [5.41, 5.74) is 3.36. The Hall–Kier alpha value is -4.01. The number of aryl methyl sites for hydroxylation is 1. The average molecular weight is 379 g/mol. The van der Waals surface area contributed by atoms with Crippen LogP contribution in [0.5, 0.6) is 0 Å². The van der Waals surface area contributed by atoms with Gasteiger partial charge in [0.2, 0.25) is 0 Å². The van der Waals surface area contributed by atoms with Gasteiger partial charge in [0, 0.05) is 11.8 Å². The van der Waals surface area contributed by atoms with Crippen LogP contribution < -0.4 is 11.0 Å². The number of aromatic amines is 1. The molecule has 2 aromatic carbocycles. The van der Waals surface area contributed by atoms with Gasteiger partial charge in [0.25, 0.3) is 17.2 Å². The number of para-hydroxylation sites is 2. The third kappa shape index (κ3) is 3.58. The van der Waals surface area contributed by atoms with Gasteiger partial charge in [-0.15, -0.1) is 0 Å². The molecule has 3 aromatic rings. The molecule has 142 valence electrons. The second-order valence-corrected chi connectivity index (χ2v) is 6.00. The predicted octanol–water partition coefficient (Wildman–Crippen LogP) is 2.54. The van der Waals surface area contributed by atoms with Gasteiger partial charge in [0.1, 0.15) is 5.56 Å². The third-order valence-electron chi connectivity index (χ3n) is 4.12. The first-order valence-electron chi connectivity index (χ1n) is 8.35. The van der Waals surface area contributed by atoms with Crippen molar-refractivity contribution in [3.63, 3.8) is 0 Å². The van der Waals surface area contributed by atoms with Crippen molar-refractivity contribution in [1.82, 2.24) is 15.2 Å². The number of hydrogen-bond donors (Lipinski definition) is 2. The predicted molar refractivity (Wildman–Crippen MR) is 104 cm³/mol. The first-order valence-corrected chi connectivity index (χ1v) is 8.35. The number of benzene rings is 2. The maximum absolute atomic E-state index is 12.7. The minimum absolute atomic E-state index is 0.114. The summed E-state index contributed by atoms with van der Waals surface area (Å²) in [7, 11) is 0. The second-order valence-electron chi connectivity index (χ2n) is 6.00. The van der Waals surface area contributed by atoms with E-state index < -0.39 is 10.8 Å². The van der Waals surface area contributed by atoms with Crippen molar-refractivity contribution < 1.29 is 9.72 Å². The van der Waals surface area contributed by atoms with Gasteiger partial charge in [0.15, 0.2) is 0 Å². The maximum Gasteiger partial charge on any atom is 0.282 e. The zero-order chi connectivity index (χ0) is 20.3. The average Bonchev–Trinajstić information content (AvgIpc) is 3.00. The Labute approximate surface area is 159 Å². The molecule has 1 amide bonds. The lowest BCUT2D eigenvalue weighted by atomic mass is 10.1. The molecule has 0 fully saturated rings. The monoisotopic (exact) mass is 379 g/mol. The number of amides is 1. The number of carbonyl (C=O) groups is 1. The molecule has 3 rings (SSSR count). The summed E-state index contributed by atoms with van der Waals surface area (Å²) >= 11 is 0. The number of rotatable bonds is 5. The standard InChI is InChI=1S/C19H17N5O4/c1-12(20-21-18(25)15-10-6-7-11-16(15)24(27)28)17-13(2)22-23(19(17)26)14-8-4-3-5-9-14/h3-11,22H,1-2H3,(H,21,25). The number of nitro groups is 1. The van der Waals surface area contributed by atoms with Crippen LogP contribution >= 0.6 is 0 Å². The maximum atomic E-state index is 12.7. The molecule has 28 heavy (non-hydrogen) atoms. The van der Waals surface area contributed by atoms with E-state index in [1.807, 2.05) is 18.2 Å². The van der Waals surface area contributed by atoms with Gasteiger partial charge >= 0.3 is 0 Å². The van der Waals surface area contributed by atoms with Crippen LogP contribution in [0.1, 0.15) is 28.5 Å². The van der Waals surface area contributed by atoms with E-state index in [0.29, 0.717) is 16.9 Å². The smallest absolute Gasteiger partial charge is 0.282 e. The van der Waals surface area contributed by atoms with E-state index in [0.717, 1.165) is 0 Å². The highest BCUT2D eigenvalue weighted by Gasteiger charge is 2.20. The Morgan fingerprint density at radius 3 is 2.46 bits per heavy atom. The normalized spacial score (nSPS) is 11.3. The molecule has 1 aromatic heterocycles. The molecule has 9 heteroatoms. The van der Waals surface area contributed by atoms with Gasteiger partial charge in [0.05, 0.1) is 21.9 Å². The fraction of sp³-hybridized carbons (Fsp3) is 0.105. The molecule has 0 aliphatic carbocycles. The van der Waals surface area contributed by atoms with Gasteiger partial charge in [-0.3, -0.25) is 24.8 Å². The minimum Gasteiger partial charge on any atom is -0.295 e. The topological polar surface area (TPSA) is 122 Å². The van der Waals surface area contributed by atoms with Crippen molar-refractivity contribution in [3.05, 3.63) is 91.9 Å². The highest BCUT2D eigenvalue weighted by Crippen LogP contribution is 2.17. The van der Waals surface area contributed by atoms with Crippen LogP contribution in [-0.2, 0) is 0 Å². The first kappa shape index (κ1) is 18.8. The first-order chi connectivity index (χ1) is 13.4. The van der Waals surface area contributed by atoms with E-state index in [1.54, 1.807) is 26.0 Å². The van der Waals surface area contributed by atoms with Crippen molar-refractivity contribution in [3.8, 4) is 5.69 Å². The van der Waals surface area contributed by atoms with E-state index in [1.165, 1.54) is 28.9 Å². The van der Waals surface area contributed by atoms with Crippen molar-refractivity contribution >= 4 is 17.3 Å². The largest absolute Gasteiger partial charge is 0.295 e. The van der Waals surface area contributed by atoms with Crippen LogP contribution in [0.4, 0.5) is 5.69 Å². The van der Waals surface area contributed by atoms with Crippen LogP contribution in [-0.4, -0.2) is 26.3 Å². The number of aromatic nitrogens is 2. The van der Waals surface area contributed by atoms with Crippen LogP contribution in [0.2, 0.25) is 0 Å². The molecule has 1 heterocycles. The van der Waals surface area contributed by atoms with Crippen molar-refractivity contribution in [2.45, 2.75) is 13.8 Å². The van der Waals surface area contributed by atoms with Gasteiger partial charge < -0.3 is 0 Å². The molecule has 0 spiro atoms. The molecule has 9 nitrogen and oxygen atoms in total. The third-order valence-corrected chi connectivity index (χ3v) is 4.12. The van der Waals surface area contributed by atoms with Crippen molar-refractivity contribution in [2.24, 2.45) is 5.10 Å². The molecular weight excluding hydrogens is 362 g/mol. The summed E-state index contributed by atoms with van der Waals surface area (Å²) in [4.78, 5) is 35.4. The lowest BCUT2D eigenvalue weighted by Crippen LogP contribution is -2.24. The second kappa shape index (κ2) is 7.70. The van der Waals surface area contributed by atoms with E-state index in [9.17, 15) is 19.7 Å². The molecule has 0 aliphatic rings. The van der Waals surface area contributed by atoms with Crippen molar-refractivity contribution in [1.29, 1.82) is 0 Å². The van der Waals surface area contributed by atoms with Crippen LogP contribution in [0.25, 0.3) is 5.69 Å². The van der Waals surface area contributed by atoms with Gasteiger partial charge in [-0.2, -0.15) is 5.10 Å². The number of hydrogen-bond acceptors (Lipinski definition) is 5. The zero-order valence-corrected chi connectivity index (χ0v) is 15.2. The van der Waals surface area contributed by atoms with Gasteiger partial charge in [-0.05, 0) is 32.0 Å². The Bertz CT molecular complexity index is 1130. The Kier molecular flexibility index (Phi) is 5.16. The van der Waals surface area contributed by atoms with E-state index in [2.05, 4.69) is 15.6 Å². The Morgan fingerprint density at radius 1 is 1.14 bits per heavy atom. The summed E-state index contributed by atoms with van der Waals surface area (Å²) in [6, 6.07) is 14.6. The summed E-state index contributed by atoms with van der Waals surface area (Å²) < 4.78 is 1.38. The molecule has 0 saturated carbocycles. The lowest BCUT2D eigenvalue weighted by Gasteiger charge is -2.03. The highest BCUT2D eigenvalue weighted by atomic mass is 16.6. The summed E-state index contributed by atoms with van der Waals surface area (Å²) in [5.74, 6) is -0.733. The molecular formula is C19H17N5O4. The number of carbonyl (C=O) groups excluding carboxylic acids is 1. The Morgan fingerprint density at radius 2 is 1.79 bits per heavy atom. The molecule has 0 aliphatic heterocycles. The fourth-order valence-corrected chi connectivity index (χ4v) is 2.81. The summed E-state index contributed by atoms with van der Waals surface area (Å²) in [6.07, 6.45) is 0. The van der Waals surface area contributed by atoms with Crippen molar-refractivity contribution in [2.75, 3.05) is 0 Å². The molecule has 0 unspecified atom stereocenters. The Balaban J connectivity index is 1.89. The number of nitro benzene ring substituents is 1. The molecule has 0 atom stereocenters. The molecule has 0 radical (unpaired) electrons. The van der Waals surface area contributed by atoms with Crippen LogP contribution in [0.3, 0.4) is 0 Å². The highest BCUT2D eigenvalue weighted by molar-refractivity contribution is 6.02. The van der Waals surface area contributed by atoms with Gasteiger partial charge in [-0.1, -0.05) is 30.3 Å². The zero-order valence-electron chi connectivity index (χ0n) is 15.2. The summed E-state index contributed by atoms with van der Waals surface area (Å²) in [5, 5.41) is 18.0. The fourth-order valence-electron chi connectivity index (χ4n) is 2.81. The van der Waals surface area contributed by atoms with Gasteiger partial charge in [-0.25, -0.2) is 10.1 Å². The molecule has 0 saturated heterocycles. The number of H-pyrrole nitrogens is 1. The van der Waals surface area contributed by atoms with Crippen LogP contribution in [0, 0.1) is 17.0 Å². The number of nitrogens with one attached hydrogen (secondary N) is 2. The lowest BCUT2D eigenvalue weighted by molar-refractivity contribution is -0.385. The number of nitrogens with zero attached hydrogens (tertiary/aromatic N) is 3. The molecule has 2 N–H and O–H groups in total. The van der Waals surface area contributed by atoms with E-state index in [-0.39, 0.29) is 22.5 Å². The summed E-state index contributed by atoms with van der Waals surface area (Å²) in [6.45, 7) is 3.30. The van der Waals surface area contributed by atoms with E-state index in [4.69, 9.17) is 0 Å². The number of hydrazone groups is 1. The van der Waals surface area contributed by atoms with E-state index >= 15 is 0 Å².